The maximum absolute atomic E-state index is 11.9. The van der Waals surface area contributed by atoms with Gasteiger partial charge in [0.15, 0.2) is 0 Å². The standard InChI is InChI=1S/C12H19N3O/c1-9(2)11(13)7-12(16)15(3)10-5-4-6-14-8-10/h4-6,8-9,11H,7,13H2,1-3H3. The van der Waals surface area contributed by atoms with Crippen LogP contribution in [0.25, 0.3) is 0 Å². The molecular formula is C12H19N3O. The summed E-state index contributed by atoms with van der Waals surface area (Å²) in [5.41, 5.74) is 6.67. The van der Waals surface area contributed by atoms with Crippen LogP contribution >= 0.6 is 0 Å². The molecule has 0 radical (unpaired) electrons. The van der Waals surface area contributed by atoms with Gasteiger partial charge in [0.1, 0.15) is 0 Å². The molecule has 0 spiro atoms. The third kappa shape index (κ3) is 3.31. The van der Waals surface area contributed by atoms with Crippen molar-refractivity contribution in [2.45, 2.75) is 26.3 Å². The smallest absolute Gasteiger partial charge is 0.228 e. The number of carbonyl (C=O) groups excluding carboxylic acids is 1. The molecule has 1 amide bonds. The zero-order valence-electron chi connectivity index (χ0n) is 10.1. The number of anilines is 1. The third-order valence-electron chi connectivity index (χ3n) is 2.67. The summed E-state index contributed by atoms with van der Waals surface area (Å²) in [5.74, 6) is 0.334. The van der Waals surface area contributed by atoms with E-state index in [-0.39, 0.29) is 11.9 Å². The number of hydrogen-bond acceptors (Lipinski definition) is 3. The Balaban J connectivity index is 2.62. The van der Waals surface area contributed by atoms with Crippen LogP contribution < -0.4 is 10.6 Å². The van der Waals surface area contributed by atoms with Crippen LogP contribution in [0.4, 0.5) is 5.69 Å². The Labute approximate surface area is 96.5 Å². The second kappa shape index (κ2) is 5.61. The molecule has 0 aliphatic rings. The minimum atomic E-state index is -0.0911. The second-order valence-electron chi connectivity index (χ2n) is 4.28. The average molecular weight is 221 g/mol. The molecule has 1 unspecified atom stereocenters. The molecule has 1 aromatic heterocycles. The van der Waals surface area contributed by atoms with Gasteiger partial charge in [0.2, 0.25) is 5.91 Å². The maximum Gasteiger partial charge on any atom is 0.228 e. The molecule has 0 aliphatic carbocycles. The molecular weight excluding hydrogens is 202 g/mol. The van der Waals surface area contributed by atoms with E-state index in [1.54, 1.807) is 24.3 Å². The van der Waals surface area contributed by atoms with Gasteiger partial charge in [-0.25, -0.2) is 0 Å². The van der Waals surface area contributed by atoms with Gasteiger partial charge in [-0.2, -0.15) is 0 Å². The number of aromatic nitrogens is 1. The van der Waals surface area contributed by atoms with E-state index in [2.05, 4.69) is 4.98 Å². The van der Waals surface area contributed by atoms with Gasteiger partial charge in [-0.3, -0.25) is 9.78 Å². The van der Waals surface area contributed by atoms with E-state index in [0.717, 1.165) is 5.69 Å². The minimum Gasteiger partial charge on any atom is -0.327 e. The molecule has 88 valence electrons. The highest BCUT2D eigenvalue weighted by molar-refractivity contribution is 5.92. The summed E-state index contributed by atoms with van der Waals surface area (Å²) in [6.07, 6.45) is 3.71. The van der Waals surface area contributed by atoms with Gasteiger partial charge in [0.25, 0.3) is 0 Å². The molecule has 0 bridgehead atoms. The van der Waals surface area contributed by atoms with Gasteiger partial charge in [0, 0.05) is 25.7 Å². The van der Waals surface area contributed by atoms with Crippen LogP contribution in [-0.4, -0.2) is 24.0 Å². The van der Waals surface area contributed by atoms with Crippen LogP contribution in [0.1, 0.15) is 20.3 Å². The lowest BCUT2D eigenvalue weighted by atomic mass is 10.0. The Kier molecular flexibility index (Phi) is 4.43. The van der Waals surface area contributed by atoms with Gasteiger partial charge < -0.3 is 10.6 Å². The molecule has 1 heterocycles. The molecule has 16 heavy (non-hydrogen) atoms. The van der Waals surface area contributed by atoms with Crippen LogP contribution in [0.2, 0.25) is 0 Å². The maximum atomic E-state index is 11.9. The van der Waals surface area contributed by atoms with E-state index in [9.17, 15) is 4.79 Å². The van der Waals surface area contributed by atoms with Crippen LogP contribution in [0.3, 0.4) is 0 Å². The van der Waals surface area contributed by atoms with Crippen LogP contribution in [0.5, 0.6) is 0 Å². The highest BCUT2D eigenvalue weighted by Gasteiger charge is 2.17. The lowest BCUT2D eigenvalue weighted by Crippen LogP contribution is -2.36. The monoisotopic (exact) mass is 221 g/mol. The van der Waals surface area contributed by atoms with Gasteiger partial charge in [-0.1, -0.05) is 13.8 Å². The number of pyridine rings is 1. The van der Waals surface area contributed by atoms with E-state index in [4.69, 9.17) is 5.73 Å². The van der Waals surface area contributed by atoms with E-state index in [1.807, 2.05) is 26.0 Å². The summed E-state index contributed by atoms with van der Waals surface area (Å²) in [7, 11) is 1.74. The highest BCUT2D eigenvalue weighted by Crippen LogP contribution is 2.12. The van der Waals surface area contributed by atoms with Crippen molar-refractivity contribution in [1.29, 1.82) is 0 Å². The van der Waals surface area contributed by atoms with Gasteiger partial charge in [0.05, 0.1) is 11.9 Å². The van der Waals surface area contributed by atoms with Crippen molar-refractivity contribution in [2.75, 3.05) is 11.9 Å². The van der Waals surface area contributed by atoms with Crippen molar-refractivity contribution in [3.05, 3.63) is 24.5 Å². The Bertz CT molecular complexity index is 337. The van der Waals surface area contributed by atoms with Crippen LogP contribution in [0, 0.1) is 5.92 Å². The Hall–Kier alpha value is -1.42. The average Bonchev–Trinajstić information content (AvgIpc) is 2.28. The zero-order valence-corrected chi connectivity index (χ0v) is 10.1. The van der Waals surface area contributed by atoms with Crippen LogP contribution in [0.15, 0.2) is 24.5 Å². The first-order chi connectivity index (χ1) is 7.52. The van der Waals surface area contributed by atoms with Crippen molar-refractivity contribution in [2.24, 2.45) is 11.7 Å². The molecule has 2 N–H and O–H groups in total. The van der Waals surface area contributed by atoms with Crippen LogP contribution in [-0.2, 0) is 4.79 Å². The summed E-state index contributed by atoms with van der Waals surface area (Å²) in [4.78, 5) is 17.4. The number of nitrogens with two attached hydrogens (primary N) is 1. The number of rotatable bonds is 4. The van der Waals surface area contributed by atoms with Crippen molar-refractivity contribution in [1.82, 2.24) is 4.98 Å². The Morgan fingerprint density at radius 1 is 1.56 bits per heavy atom. The van der Waals surface area contributed by atoms with E-state index < -0.39 is 0 Å². The number of amides is 1. The number of carbonyl (C=O) groups is 1. The largest absolute Gasteiger partial charge is 0.327 e. The summed E-state index contributed by atoms with van der Waals surface area (Å²) in [5, 5.41) is 0. The first kappa shape index (κ1) is 12.6. The number of nitrogens with zero attached hydrogens (tertiary/aromatic N) is 2. The number of hydrogen-bond donors (Lipinski definition) is 1. The summed E-state index contributed by atoms with van der Waals surface area (Å²) in [6.45, 7) is 4.03. The molecule has 0 fully saturated rings. The topological polar surface area (TPSA) is 59.2 Å². The molecule has 4 nitrogen and oxygen atoms in total. The van der Waals surface area contributed by atoms with Gasteiger partial charge in [-0.15, -0.1) is 0 Å². The van der Waals surface area contributed by atoms with E-state index in [0.29, 0.717) is 12.3 Å². The molecule has 1 atom stereocenters. The highest BCUT2D eigenvalue weighted by atomic mass is 16.2. The molecule has 1 aromatic rings. The molecule has 0 saturated carbocycles. The Morgan fingerprint density at radius 3 is 2.75 bits per heavy atom. The molecule has 0 saturated heterocycles. The fourth-order valence-corrected chi connectivity index (χ4v) is 1.27. The van der Waals surface area contributed by atoms with Crippen molar-refractivity contribution in [3.8, 4) is 0 Å². The third-order valence-corrected chi connectivity index (χ3v) is 2.67. The summed E-state index contributed by atoms with van der Waals surface area (Å²) < 4.78 is 0. The molecule has 1 rings (SSSR count). The fourth-order valence-electron chi connectivity index (χ4n) is 1.27. The van der Waals surface area contributed by atoms with E-state index in [1.165, 1.54) is 0 Å². The SMILES string of the molecule is CC(C)C(N)CC(=O)N(C)c1cccnc1. The molecule has 0 aliphatic heterocycles. The van der Waals surface area contributed by atoms with Crippen molar-refractivity contribution < 1.29 is 4.79 Å². The quantitative estimate of drug-likeness (QED) is 0.836. The van der Waals surface area contributed by atoms with Crippen molar-refractivity contribution in [3.63, 3.8) is 0 Å². The minimum absolute atomic E-state index is 0.0224. The molecule has 4 heteroatoms. The lowest BCUT2D eigenvalue weighted by molar-refractivity contribution is -0.118. The fraction of sp³-hybridized carbons (Fsp3) is 0.500. The first-order valence-electron chi connectivity index (χ1n) is 5.44. The van der Waals surface area contributed by atoms with Gasteiger partial charge in [-0.05, 0) is 18.1 Å². The van der Waals surface area contributed by atoms with Gasteiger partial charge >= 0.3 is 0 Å². The second-order valence-corrected chi connectivity index (χ2v) is 4.28. The predicted molar refractivity (Wildman–Crippen MR) is 65.1 cm³/mol. The zero-order chi connectivity index (χ0) is 12.1. The summed E-state index contributed by atoms with van der Waals surface area (Å²) in [6, 6.07) is 3.57. The van der Waals surface area contributed by atoms with Crippen molar-refractivity contribution >= 4 is 11.6 Å². The van der Waals surface area contributed by atoms with E-state index >= 15 is 0 Å². The summed E-state index contributed by atoms with van der Waals surface area (Å²) >= 11 is 0. The normalized spacial score (nSPS) is 12.6. The predicted octanol–water partition coefficient (Wildman–Crippen LogP) is 1.42. The first-order valence-corrected chi connectivity index (χ1v) is 5.44. The Morgan fingerprint density at radius 2 is 2.25 bits per heavy atom. The lowest BCUT2D eigenvalue weighted by Gasteiger charge is -2.21. The molecule has 0 aromatic carbocycles.